The van der Waals surface area contributed by atoms with Crippen LogP contribution in [0.25, 0.3) is 0 Å². The van der Waals surface area contributed by atoms with Crippen molar-refractivity contribution in [3.05, 3.63) is 53.3 Å². The minimum atomic E-state index is 0.0618. The highest BCUT2D eigenvalue weighted by atomic mass is 16.2. The first-order valence-corrected chi connectivity index (χ1v) is 9.05. The first-order valence-electron chi connectivity index (χ1n) is 9.05. The van der Waals surface area contributed by atoms with Gasteiger partial charge in [-0.05, 0) is 55.0 Å². The Hall–Kier alpha value is -2.56. The first-order chi connectivity index (χ1) is 12.2. The van der Waals surface area contributed by atoms with Crippen molar-refractivity contribution >= 4 is 17.5 Å². The van der Waals surface area contributed by atoms with Gasteiger partial charge < -0.3 is 15.2 Å². The van der Waals surface area contributed by atoms with E-state index >= 15 is 0 Å². The Kier molecular flexibility index (Phi) is 4.30. The monoisotopic (exact) mass is 337 g/mol. The molecule has 1 aromatic heterocycles. The number of amides is 2. The number of carbonyl (C=O) groups is 2. The van der Waals surface area contributed by atoms with Gasteiger partial charge >= 0.3 is 0 Å². The van der Waals surface area contributed by atoms with Gasteiger partial charge in [0.2, 0.25) is 11.8 Å². The fourth-order valence-electron chi connectivity index (χ4n) is 3.97. The average molecular weight is 337 g/mol. The number of rotatable bonds is 5. The zero-order chi connectivity index (χ0) is 17.2. The number of fused-ring (bicyclic) bond motifs is 1. The van der Waals surface area contributed by atoms with Crippen molar-refractivity contribution < 1.29 is 9.59 Å². The highest BCUT2D eigenvalue weighted by molar-refractivity contribution is 5.99. The second kappa shape index (κ2) is 6.75. The Bertz CT molecular complexity index is 782. The molecule has 5 nitrogen and oxygen atoms in total. The van der Waals surface area contributed by atoms with Crippen LogP contribution >= 0.6 is 0 Å². The normalized spacial score (nSPS) is 19.1. The third-order valence-electron chi connectivity index (χ3n) is 5.20. The van der Waals surface area contributed by atoms with Crippen molar-refractivity contribution in [2.75, 3.05) is 11.9 Å². The topological polar surface area (TPSA) is 65.2 Å². The number of aromatic amines is 1. The molecule has 4 rings (SSSR count). The fourth-order valence-corrected chi connectivity index (χ4v) is 3.97. The summed E-state index contributed by atoms with van der Waals surface area (Å²) in [6, 6.07) is 10.4. The lowest BCUT2D eigenvalue weighted by atomic mass is 10.0. The predicted octanol–water partition coefficient (Wildman–Crippen LogP) is 3.20. The molecule has 2 aliphatic rings. The molecule has 2 aliphatic heterocycles. The Morgan fingerprint density at radius 3 is 3.04 bits per heavy atom. The van der Waals surface area contributed by atoms with Gasteiger partial charge in [0.15, 0.2) is 0 Å². The lowest BCUT2D eigenvalue weighted by molar-refractivity contribution is -0.132. The molecule has 2 N–H and O–H groups in total. The van der Waals surface area contributed by atoms with Gasteiger partial charge in [0.1, 0.15) is 0 Å². The number of nitrogens with zero attached hydrogens (tertiary/aromatic N) is 1. The Labute approximate surface area is 147 Å². The lowest BCUT2D eigenvalue weighted by Crippen LogP contribution is -2.30. The van der Waals surface area contributed by atoms with E-state index in [1.165, 1.54) is 5.56 Å². The third-order valence-corrected chi connectivity index (χ3v) is 5.20. The molecule has 0 spiro atoms. The number of carbonyl (C=O) groups excluding carboxylic acids is 2. The molecule has 1 atom stereocenters. The minimum absolute atomic E-state index is 0.0618. The Balaban J connectivity index is 1.32. The van der Waals surface area contributed by atoms with Crippen LogP contribution in [-0.4, -0.2) is 28.2 Å². The summed E-state index contributed by atoms with van der Waals surface area (Å²) in [5.74, 6) is 0.307. The molecule has 130 valence electrons. The maximum atomic E-state index is 12.6. The summed E-state index contributed by atoms with van der Waals surface area (Å²) in [5.41, 5.74) is 4.34. The van der Waals surface area contributed by atoms with E-state index in [1.54, 1.807) is 0 Å². The van der Waals surface area contributed by atoms with Crippen molar-refractivity contribution in [2.24, 2.45) is 0 Å². The van der Waals surface area contributed by atoms with E-state index in [9.17, 15) is 9.59 Å². The maximum Gasteiger partial charge on any atom is 0.228 e. The number of likely N-dealkylation sites (tertiary alicyclic amines) is 1. The van der Waals surface area contributed by atoms with E-state index in [4.69, 9.17) is 0 Å². The van der Waals surface area contributed by atoms with Crippen molar-refractivity contribution in [2.45, 2.75) is 44.6 Å². The SMILES string of the molecule is O=C1Cc2cc(CCCC(=O)N3CCC[C@H]3c3ccc[nH]3)ccc2N1. The van der Waals surface area contributed by atoms with Crippen LogP contribution in [0.5, 0.6) is 0 Å². The quantitative estimate of drug-likeness (QED) is 0.880. The Morgan fingerprint density at radius 1 is 1.28 bits per heavy atom. The lowest BCUT2D eigenvalue weighted by Gasteiger charge is -2.24. The highest BCUT2D eigenvalue weighted by Crippen LogP contribution is 2.31. The summed E-state index contributed by atoms with van der Waals surface area (Å²) < 4.78 is 0. The van der Waals surface area contributed by atoms with Crippen molar-refractivity contribution in [1.29, 1.82) is 0 Å². The average Bonchev–Trinajstić information content (AvgIpc) is 3.33. The fraction of sp³-hybridized carbons (Fsp3) is 0.400. The number of hydrogen-bond donors (Lipinski definition) is 2. The highest BCUT2D eigenvalue weighted by Gasteiger charge is 2.29. The van der Waals surface area contributed by atoms with E-state index in [0.29, 0.717) is 12.8 Å². The molecule has 0 unspecified atom stereocenters. The zero-order valence-electron chi connectivity index (χ0n) is 14.3. The molecule has 2 amide bonds. The van der Waals surface area contributed by atoms with Gasteiger partial charge in [-0.3, -0.25) is 9.59 Å². The summed E-state index contributed by atoms with van der Waals surface area (Å²) in [4.78, 5) is 29.3. The second-order valence-electron chi connectivity index (χ2n) is 6.94. The number of H-pyrrole nitrogens is 1. The number of anilines is 1. The standard InChI is InChI=1S/C20H23N3O2/c24-19-13-15-12-14(8-9-16(15)22-19)4-1-7-20(25)23-11-3-6-18(23)17-5-2-10-21-17/h2,5,8-10,12,18,21H,1,3-4,6-7,11,13H2,(H,22,24)/t18-/m0/s1. The van der Waals surface area contributed by atoms with E-state index in [-0.39, 0.29) is 17.9 Å². The molecule has 2 aromatic rings. The number of hydrogen-bond acceptors (Lipinski definition) is 2. The molecule has 0 aliphatic carbocycles. The molecular formula is C20H23N3O2. The summed E-state index contributed by atoms with van der Waals surface area (Å²) in [6.07, 6.45) is 6.78. The molecule has 0 bridgehead atoms. The summed E-state index contributed by atoms with van der Waals surface area (Å²) >= 11 is 0. The van der Waals surface area contributed by atoms with E-state index in [1.807, 2.05) is 29.3 Å². The maximum absolute atomic E-state index is 12.6. The minimum Gasteiger partial charge on any atom is -0.363 e. The number of aromatic nitrogens is 1. The van der Waals surface area contributed by atoms with E-state index in [0.717, 1.165) is 49.2 Å². The van der Waals surface area contributed by atoms with Crippen molar-refractivity contribution in [3.63, 3.8) is 0 Å². The molecule has 1 saturated heterocycles. The Morgan fingerprint density at radius 2 is 2.20 bits per heavy atom. The van der Waals surface area contributed by atoms with Gasteiger partial charge in [0.25, 0.3) is 0 Å². The zero-order valence-corrected chi connectivity index (χ0v) is 14.3. The van der Waals surface area contributed by atoms with Gasteiger partial charge in [0, 0.05) is 30.5 Å². The van der Waals surface area contributed by atoms with Crippen LogP contribution in [-0.2, 0) is 22.4 Å². The van der Waals surface area contributed by atoms with Crippen LogP contribution < -0.4 is 5.32 Å². The number of nitrogens with one attached hydrogen (secondary N) is 2. The molecule has 3 heterocycles. The van der Waals surface area contributed by atoms with Gasteiger partial charge in [-0.25, -0.2) is 0 Å². The van der Waals surface area contributed by atoms with Gasteiger partial charge in [-0.2, -0.15) is 0 Å². The first kappa shape index (κ1) is 15.9. The molecule has 5 heteroatoms. The summed E-state index contributed by atoms with van der Waals surface area (Å²) in [5, 5.41) is 2.85. The molecule has 25 heavy (non-hydrogen) atoms. The van der Waals surface area contributed by atoms with E-state index < -0.39 is 0 Å². The second-order valence-corrected chi connectivity index (χ2v) is 6.94. The molecular weight excluding hydrogens is 314 g/mol. The smallest absolute Gasteiger partial charge is 0.228 e. The third kappa shape index (κ3) is 3.31. The van der Waals surface area contributed by atoms with Gasteiger partial charge in [-0.1, -0.05) is 12.1 Å². The van der Waals surface area contributed by atoms with Crippen LogP contribution in [0.2, 0.25) is 0 Å². The molecule has 0 radical (unpaired) electrons. The van der Waals surface area contributed by atoms with Crippen LogP contribution in [0.1, 0.15) is 48.5 Å². The van der Waals surface area contributed by atoms with Crippen LogP contribution in [0.3, 0.4) is 0 Å². The molecule has 1 aromatic carbocycles. The van der Waals surface area contributed by atoms with Crippen LogP contribution in [0, 0.1) is 0 Å². The largest absolute Gasteiger partial charge is 0.363 e. The predicted molar refractivity (Wildman–Crippen MR) is 96.2 cm³/mol. The number of aryl methyl sites for hydroxylation is 1. The van der Waals surface area contributed by atoms with Crippen LogP contribution in [0.15, 0.2) is 36.5 Å². The van der Waals surface area contributed by atoms with Crippen molar-refractivity contribution in [3.8, 4) is 0 Å². The summed E-state index contributed by atoms with van der Waals surface area (Å²) in [7, 11) is 0. The van der Waals surface area contributed by atoms with Gasteiger partial charge in [0.05, 0.1) is 12.5 Å². The van der Waals surface area contributed by atoms with Crippen LogP contribution in [0.4, 0.5) is 5.69 Å². The summed E-state index contributed by atoms with van der Waals surface area (Å²) in [6.45, 7) is 0.856. The van der Waals surface area contributed by atoms with Crippen molar-refractivity contribution in [1.82, 2.24) is 9.88 Å². The van der Waals surface area contributed by atoms with E-state index in [2.05, 4.69) is 22.4 Å². The molecule has 0 saturated carbocycles. The molecule has 1 fully saturated rings. The number of benzene rings is 1. The van der Waals surface area contributed by atoms with Gasteiger partial charge in [-0.15, -0.1) is 0 Å².